The molecule has 3 saturated carbocycles. The van der Waals surface area contributed by atoms with Crippen molar-refractivity contribution in [3.8, 4) is 0 Å². The van der Waals surface area contributed by atoms with Crippen LogP contribution in [0.15, 0.2) is 41.3 Å². The first-order chi connectivity index (χ1) is 18.8. The third-order valence-corrected chi connectivity index (χ3v) is 11.4. The highest BCUT2D eigenvalue weighted by molar-refractivity contribution is 7.92. The lowest BCUT2D eigenvalue weighted by Gasteiger charge is -2.43. The van der Waals surface area contributed by atoms with Crippen LogP contribution >= 0.6 is 11.6 Å². The molecule has 2 aromatic rings. The van der Waals surface area contributed by atoms with Crippen LogP contribution in [0.3, 0.4) is 0 Å². The number of carbonyl (C=O) groups is 2. The lowest BCUT2D eigenvalue weighted by atomic mass is 9.71. The number of rotatable bonds is 7. The molecule has 3 fully saturated rings. The molecule has 3 unspecified atom stereocenters. The van der Waals surface area contributed by atoms with E-state index in [4.69, 9.17) is 11.6 Å². The molecule has 40 heavy (non-hydrogen) atoms. The van der Waals surface area contributed by atoms with Crippen LogP contribution in [-0.4, -0.2) is 53.4 Å². The molecule has 0 heterocycles. The van der Waals surface area contributed by atoms with Crippen molar-refractivity contribution < 1.29 is 37.0 Å². The summed E-state index contributed by atoms with van der Waals surface area (Å²) in [6, 6.07) is 6.54. The summed E-state index contributed by atoms with van der Waals surface area (Å²) in [7, 11) is -4.04. The number of fused-ring (bicyclic) bond motifs is 2. The van der Waals surface area contributed by atoms with E-state index in [1.165, 1.54) is 24.3 Å². The van der Waals surface area contributed by atoms with Crippen molar-refractivity contribution >= 4 is 38.9 Å². The maximum Gasteiger partial charge on any atom is 0.255 e. The summed E-state index contributed by atoms with van der Waals surface area (Å²) in [6.45, 7) is 1.95. The van der Waals surface area contributed by atoms with Crippen molar-refractivity contribution in [1.29, 1.82) is 0 Å². The Morgan fingerprint density at radius 2 is 1.77 bits per heavy atom. The smallest absolute Gasteiger partial charge is 0.255 e. The molecule has 2 amide bonds. The van der Waals surface area contributed by atoms with Gasteiger partial charge in [-0.15, -0.1) is 0 Å². The molecule has 0 radical (unpaired) electrons. The first-order valence-corrected chi connectivity index (χ1v) is 15.2. The lowest BCUT2D eigenvalue weighted by molar-refractivity contribution is -0.135. The first-order valence-electron chi connectivity index (χ1n) is 13.3. The number of anilines is 1. The van der Waals surface area contributed by atoms with E-state index in [1.54, 1.807) is 0 Å². The topological polar surface area (TPSA) is 133 Å². The average molecular weight is 597 g/mol. The zero-order valence-corrected chi connectivity index (χ0v) is 23.3. The number of carbonyl (C=O) groups excluding carboxylic acids is 2. The first kappa shape index (κ1) is 28.9. The number of aliphatic hydroxyl groups is 2. The van der Waals surface area contributed by atoms with E-state index >= 15 is 0 Å². The highest BCUT2D eigenvalue weighted by Gasteiger charge is 2.59. The summed E-state index contributed by atoms with van der Waals surface area (Å²) in [4.78, 5) is 25.3. The molecule has 0 saturated heterocycles. The van der Waals surface area contributed by atoms with Gasteiger partial charge in [0.15, 0.2) is 21.5 Å². The average Bonchev–Trinajstić information content (AvgIpc) is 2.98. The van der Waals surface area contributed by atoms with Crippen molar-refractivity contribution in [2.45, 2.75) is 73.3 Å². The van der Waals surface area contributed by atoms with Crippen LogP contribution in [0.1, 0.15) is 55.8 Å². The second-order valence-corrected chi connectivity index (χ2v) is 14.0. The fourth-order valence-corrected chi connectivity index (χ4v) is 9.01. The van der Waals surface area contributed by atoms with Crippen LogP contribution in [0.25, 0.3) is 0 Å². The summed E-state index contributed by atoms with van der Waals surface area (Å²) >= 11 is 6.30. The molecule has 0 aromatic heterocycles. The van der Waals surface area contributed by atoms with Crippen molar-refractivity contribution in [1.82, 2.24) is 5.32 Å². The van der Waals surface area contributed by atoms with E-state index in [2.05, 4.69) is 10.6 Å². The Bertz CT molecular complexity index is 1450. The Morgan fingerprint density at radius 1 is 1.05 bits per heavy atom. The molecule has 3 aliphatic rings. The monoisotopic (exact) mass is 596 g/mol. The van der Waals surface area contributed by atoms with Crippen molar-refractivity contribution in [2.75, 3.05) is 5.32 Å². The zero-order valence-electron chi connectivity index (χ0n) is 21.7. The number of hydrogen-bond donors (Lipinski definition) is 4. The number of amides is 2. The molecule has 5 rings (SSSR count). The van der Waals surface area contributed by atoms with Gasteiger partial charge in [-0.25, -0.2) is 17.2 Å². The van der Waals surface area contributed by atoms with Gasteiger partial charge < -0.3 is 20.8 Å². The summed E-state index contributed by atoms with van der Waals surface area (Å²) in [5.74, 6) is -4.10. The van der Waals surface area contributed by atoms with Gasteiger partial charge in [0.05, 0.1) is 33.3 Å². The molecule has 0 aliphatic heterocycles. The normalized spacial score (nSPS) is 31.4. The number of nitrogens with one attached hydrogen (secondary N) is 2. The predicted octanol–water partition coefficient (Wildman–Crippen LogP) is 3.84. The Labute approximate surface area is 236 Å². The number of aliphatic hydroxyl groups excluding tert-OH is 1. The molecular formula is C28H31ClF2N2O6S. The van der Waals surface area contributed by atoms with Crippen LogP contribution < -0.4 is 10.6 Å². The van der Waals surface area contributed by atoms with Gasteiger partial charge in [-0.3, -0.25) is 9.59 Å². The number of benzene rings is 2. The Kier molecular flexibility index (Phi) is 7.71. The molecule has 8 nitrogen and oxygen atoms in total. The van der Waals surface area contributed by atoms with E-state index in [0.29, 0.717) is 19.3 Å². The number of hydrogen-bond acceptors (Lipinski definition) is 6. The molecule has 4 N–H and O–H groups in total. The SMILES string of the molecule is C[C@H]1CC2CC(S(=O)(=O)c3cc(C(=O)Nc4ccc(F)c(F)c4)ccc3Cl)CC1[C@@]2(O)CC(=O)NC1CC(O)C1. The van der Waals surface area contributed by atoms with E-state index in [9.17, 15) is 37.0 Å². The minimum Gasteiger partial charge on any atom is -0.393 e. The maximum atomic E-state index is 13.8. The van der Waals surface area contributed by atoms with Crippen molar-refractivity contribution in [3.63, 3.8) is 0 Å². The second kappa shape index (κ2) is 10.7. The van der Waals surface area contributed by atoms with Crippen LogP contribution in [0, 0.1) is 29.4 Å². The van der Waals surface area contributed by atoms with Crippen LogP contribution in [0.4, 0.5) is 14.5 Å². The quantitative estimate of drug-likeness (QED) is 0.384. The molecule has 2 aromatic carbocycles. The van der Waals surface area contributed by atoms with E-state index in [0.717, 1.165) is 12.1 Å². The highest BCUT2D eigenvalue weighted by Crippen LogP contribution is 2.56. The van der Waals surface area contributed by atoms with Gasteiger partial charge >= 0.3 is 0 Å². The number of halogens is 3. The standard InChI is InChI=1S/C28H31ClF2N2O6S/c1-14-6-16-8-20(12-21(14)28(16,37)13-26(35)32-18-9-19(34)10-18)40(38,39)25-7-15(2-4-22(25)29)27(36)33-17-3-5-23(30)24(31)11-17/h2-5,7,11,14,16,18-21,34,37H,6,8-10,12-13H2,1H3,(H,32,35)(H,33,36)/t14-,16?,18?,19?,20?,21?,28+/m0/s1. The minimum atomic E-state index is -4.04. The molecule has 0 spiro atoms. The van der Waals surface area contributed by atoms with E-state index in [-0.39, 0.29) is 58.3 Å². The third kappa shape index (κ3) is 5.36. The van der Waals surface area contributed by atoms with Gasteiger partial charge in [0.1, 0.15) is 0 Å². The summed E-state index contributed by atoms with van der Waals surface area (Å²) in [5.41, 5.74) is -1.37. The molecule has 12 heteroatoms. The van der Waals surface area contributed by atoms with Crippen molar-refractivity contribution in [2.24, 2.45) is 17.8 Å². The Balaban J connectivity index is 1.33. The maximum absolute atomic E-state index is 13.8. The van der Waals surface area contributed by atoms with Gasteiger partial charge in [0, 0.05) is 23.4 Å². The fourth-order valence-electron chi connectivity index (χ4n) is 6.64. The van der Waals surface area contributed by atoms with Crippen molar-refractivity contribution in [3.05, 3.63) is 58.6 Å². The molecule has 216 valence electrons. The van der Waals surface area contributed by atoms with Crippen LogP contribution in [0.5, 0.6) is 0 Å². The zero-order chi connectivity index (χ0) is 29.0. The fraction of sp³-hybridized carbons (Fsp3) is 0.500. The highest BCUT2D eigenvalue weighted by atomic mass is 35.5. The lowest BCUT2D eigenvalue weighted by Crippen LogP contribution is -2.53. The molecule has 5 atom stereocenters. The third-order valence-electron chi connectivity index (χ3n) is 8.79. The van der Waals surface area contributed by atoms with E-state index in [1.807, 2.05) is 6.92 Å². The van der Waals surface area contributed by atoms with Gasteiger partial charge in [-0.2, -0.15) is 0 Å². The van der Waals surface area contributed by atoms with Gasteiger partial charge in [-0.1, -0.05) is 18.5 Å². The summed E-state index contributed by atoms with van der Waals surface area (Å²) in [5, 5.41) is 25.4. The minimum absolute atomic E-state index is 0.00194. The summed E-state index contributed by atoms with van der Waals surface area (Å²) in [6.07, 6.45) is 1.25. The van der Waals surface area contributed by atoms with Gasteiger partial charge in [0.25, 0.3) is 5.91 Å². The van der Waals surface area contributed by atoms with Gasteiger partial charge in [-0.05, 0) is 80.2 Å². The Morgan fingerprint density at radius 3 is 2.42 bits per heavy atom. The number of sulfone groups is 1. The van der Waals surface area contributed by atoms with Crippen LogP contribution in [0.2, 0.25) is 5.02 Å². The van der Waals surface area contributed by atoms with Gasteiger partial charge in [0.2, 0.25) is 5.91 Å². The largest absolute Gasteiger partial charge is 0.393 e. The predicted molar refractivity (Wildman–Crippen MR) is 143 cm³/mol. The Hall–Kier alpha value is -2.60. The summed E-state index contributed by atoms with van der Waals surface area (Å²) < 4.78 is 54.4. The molecule has 3 aliphatic carbocycles. The van der Waals surface area contributed by atoms with Crippen LogP contribution in [-0.2, 0) is 14.6 Å². The molecular weight excluding hydrogens is 566 g/mol. The second-order valence-electron chi connectivity index (χ2n) is 11.4. The molecule has 2 bridgehead atoms. The van der Waals surface area contributed by atoms with E-state index < -0.39 is 56.2 Å².